The van der Waals surface area contributed by atoms with Crippen LogP contribution in [0.25, 0.3) is 0 Å². The Bertz CT molecular complexity index is 347. The number of halogens is 5. The van der Waals surface area contributed by atoms with Crippen molar-refractivity contribution in [3.05, 3.63) is 35.1 Å². The van der Waals surface area contributed by atoms with E-state index in [-0.39, 0.29) is 0 Å². The molecule has 0 unspecified atom stereocenters. The summed E-state index contributed by atoms with van der Waals surface area (Å²) in [6, 6.07) is 0.379. The van der Waals surface area contributed by atoms with Crippen LogP contribution in [-0.2, 0) is 6.18 Å². The summed E-state index contributed by atoms with van der Waals surface area (Å²) in [6.45, 7) is -1.11. The molecule has 2 N–H and O–H groups in total. The molecule has 1 rings (SSSR count). The number of alkyl halides is 4. The van der Waals surface area contributed by atoms with E-state index in [1.54, 1.807) is 0 Å². The van der Waals surface area contributed by atoms with Gasteiger partial charge < -0.3 is 5.73 Å². The summed E-state index contributed by atoms with van der Waals surface area (Å²) in [4.78, 5) is 0. The van der Waals surface area contributed by atoms with Crippen molar-refractivity contribution in [3.8, 4) is 0 Å². The third-order valence-electron chi connectivity index (χ3n) is 1.89. The summed E-state index contributed by atoms with van der Waals surface area (Å²) in [6.07, 6.45) is -4.58. The molecule has 0 spiro atoms. The van der Waals surface area contributed by atoms with Gasteiger partial charge in [0.25, 0.3) is 0 Å². The minimum absolute atomic E-state index is 0.465. The van der Waals surface area contributed by atoms with E-state index in [2.05, 4.69) is 0 Å². The Balaban J connectivity index is 3.17. The molecule has 6 heteroatoms. The molecular formula is C9H8F5N. The Morgan fingerprint density at radius 3 is 2.33 bits per heavy atom. The maximum absolute atomic E-state index is 13.0. The molecule has 0 amide bonds. The molecular weight excluding hydrogens is 217 g/mol. The summed E-state index contributed by atoms with van der Waals surface area (Å²) >= 11 is 0. The first-order valence-corrected chi connectivity index (χ1v) is 4.04. The molecule has 0 bridgehead atoms. The van der Waals surface area contributed by atoms with E-state index in [9.17, 15) is 22.0 Å². The highest BCUT2D eigenvalue weighted by Crippen LogP contribution is 2.31. The van der Waals surface area contributed by atoms with E-state index in [1.807, 2.05) is 0 Å². The fourth-order valence-electron chi connectivity index (χ4n) is 1.09. The van der Waals surface area contributed by atoms with Gasteiger partial charge in [0.1, 0.15) is 12.5 Å². The van der Waals surface area contributed by atoms with Crippen LogP contribution in [0.5, 0.6) is 0 Å². The zero-order valence-corrected chi connectivity index (χ0v) is 7.48. The van der Waals surface area contributed by atoms with Gasteiger partial charge in [-0.05, 0) is 18.2 Å². The van der Waals surface area contributed by atoms with E-state index >= 15 is 0 Å². The Morgan fingerprint density at radius 1 is 1.27 bits per heavy atom. The second-order valence-electron chi connectivity index (χ2n) is 2.99. The second kappa shape index (κ2) is 4.14. The number of rotatable bonds is 2. The third-order valence-corrected chi connectivity index (χ3v) is 1.89. The highest BCUT2D eigenvalue weighted by molar-refractivity contribution is 5.29. The first-order valence-electron chi connectivity index (χ1n) is 4.04. The second-order valence-corrected chi connectivity index (χ2v) is 2.99. The van der Waals surface area contributed by atoms with Crippen molar-refractivity contribution in [2.75, 3.05) is 6.67 Å². The first kappa shape index (κ1) is 11.9. The van der Waals surface area contributed by atoms with Crippen LogP contribution in [0.4, 0.5) is 22.0 Å². The molecule has 0 aromatic heterocycles. The van der Waals surface area contributed by atoms with Crippen LogP contribution in [0, 0.1) is 5.82 Å². The topological polar surface area (TPSA) is 26.0 Å². The molecule has 1 aromatic carbocycles. The van der Waals surface area contributed by atoms with Crippen LogP contribution < -0.4 is 5.73 Å². The molecule has 84 valence electrons. The van der Waals surface area contributed by atoms with Gasteiger partial charge in [-0.25, -0.2) is 8.78 Å². The summed E-state index contributed by atoms with van der Waals surface area (Å²) in [5, 5.41) is 0. The maximum Gasteiger partial charge on any atom is 0.416 e. The number of nitrogens with two attached hydrogens (primary N) is 1. The zero-order valence-electron chi connectivity index (χ0n) is 7.48. The summed E-state index contributed by atoms with van der Waals surface area (Å²) < 4.78 is 61.7. The van der Waals surface area contributed by atoms with Crippen molar-refractivity contribution in [2.45, 2.75) is 12.2 Å². The SMILES string of the molecule is N[C@@H](CF)c1cc(C(F)(F)F)ccc1F. The Hall–Kier alpha value is -1.17. The van der Waals surface area contributed by atoms with Crippen LogP contribution in [-0.4, -0.2) is 6.67 Å². The van der Waals surface area contributed by atoms with Crippen molar-refractivity contribution in [1.82, 2.24) is 0 Å². The summed E-state index contributed by atoms with van der Waals surface area (Å²) in [5.41, 5.74) is 3.62. The lowest BCUT2D eigenvalue weighted by Crippen LogP contribution is -2.16. The minimum atomic E-state index is -4.58. The van der Waals surface area contributed by atoms with Crippen molar-refractivity contribution in [2.24, 2.45) is 5.73 Å². The van der Waals surface area contributed by atoms with Gasteiger partial charge in [0, 0.05) is 5.56 Å². The lowest BCUT2D eigenvalue weighted by molar-refractivity contribution is -0.137. The molecule has 0 aliphatic heterocycles. The summed E-state index contributed by atoms with van der Waals surface area (Å²) in [7, 11) is 0. The highest BCUT2D eigenvalue weighted by atomic mass is 19.4. The Labute approximate surface area is 82.7 Å². The van der Waals surface area contributed by atoms with Crippen LogP contribution in [0.2, 0.25) is 0 Å². The molecule has 0 radical (unpaired) electrons. The molecule has 0 fully saturated rings. The third kappa shape index (κ3) is 2.65. The highest BCUT2D eigenvalue weighted by Gasteiger charge is 2.31. The Kier molecular flexibility index (Phi) is 3.28. The lowest BCUT2D eigenvalue weighted by Gasteiger charge is -2.12. The van der Waals surface area contributed by atoms with E-state index in [4.69, 9.17) is 5.73 Å². The number of hydrogen-bond acceptors (Lipinski definition) is 1. The standard InChI is InChI=1S/C9H8F5N/c10-4-8(15)6-3-5(9(12,13)14)1-2-7(6)11/h1-3,8H,4,15H2/t8-/m0/s1. The quantitative estimate of drug-likeness (QED) is 0.769. The predicted octanol–water partition coefficient (Wildman–Crippen LogP) is 2.81. The smallest absolute Gasteiger partial charge is 0.322 e. The molecule has 0 aliphatic rings. The molecule has 1 atom stereocenters. The van der Waals surface area contributed by atoms with E-state index < -0.39 is 35.8 Å². The molecule has 0 heterocycles. The Morgan fingerprint density at radius 2 is 1.87 bits per heavy atom. The molecule has 0 saturated carbocycles. The van der Waals surface area contributed by atoms with Gasteiger partial charge in [-0.2, -0.15) is 13.2 Å². The minimum Gasteiger partial charge on any atom is -0.322 e. The van der Waals surface area contributed by atoms with E-state index in [0.717, 1.165) is 0 Å². The summed E-state index contributed by atoms with van der Waals surface area (Å²) in [5.74, 6) is -0.937. The van der Waals surface area contributed by atoms with Gasteiger partial charge >= 0.3 is 6.18 Å². The van der Waals surface area contributed by atoms with Crippen molar-refractivity contribution < 1.29 is 22.0 Å². The van der Waals surface area contributed by atoms with Gasteiger partial charge in [0.2, 0.25) is 0 Å². The van der Waals surface area contributed by atoms with Gasteiger partial charge in [-0.15, -0.1) is 0 Å². The van der Waals surface area contributed by atoms with Gasteiger partial charge in [-0.3, -0.25) is 0 Å². The number of benzene rings is 1. The first-order chi connectivity index (χ1) is 6.86. The average Bonchev–Trinajstić information content (AvgIpc) is 2.15. The van der Waals surface area contributed by atoms with Crippen LogP contribution >= 0.6 is 0 Å². The fraction of sp³-hybridized carbons (Fsp3) is 0.333. The normalized spacial score (nSPS) is 14.0. The van der Waals surface area contributed by atoms with Crippen molar-refractivity contribution in [3.63, 3.8) is 0 Å². The monoisotopic (exact) mass is 225 g/mol. The molecule has 0 saturated heterocycles. The van der Waals surface area contributed by atoms with Crippen molar-refractivity contribution in [1.29, 1.82) is 0 Å². The van der Waals surface area contributed by atoms with Gasteiger partial charge in [-0.1, -0.05) is 0 Å². The van der Waals surface area contributed by atoms with Crippen LogP contribution in [0.15, 0.2) is 18.2 Å². The molecule has 0 aliphatic carbocycles. The largest absolute Gasteiger partial charge is 0.416 e. The zero-order chi connectivity index (χ0) is 11.6. The maximum atomic E-state index is 13.0. The van der Waals surface area contributed by atoms with Gasteiger partial charge in [0.15, 0.2) is 0 Å². The van der Waals surface area contributed by atoms with Crippen LogP contribution in [0.1, 0.15) is 17.2 Å². The molecule has 1 aromatic rings. The predicted molar refractivity (Wildman–Crippen MR) is 44.3 cm³/mol. The molecule has 15 heavy (non-hydrogen) atoms. The van der Waals surface area contributed by atoms with E-state index in [0.29, 0.717) is 18.2 Å². The molecule has 1 nitrogen and oxygen atoms in total. The van der Waals surface area contributed by atoms with Crippen LogP contribution in [0.3, 0.4) is 0 Å². The van der Waals surface area contributed by atoms with Crippen molar-refractivity contribution >= 4 is 0 Å². The van der Waals surface area contributed by atoms with Gasteiger partial charge in [0.05, 0.1) is 11.6 Å². The van der Waals surface area contributed by atoms with E-state index in [1.165, 1.54) is 0 Å². The average molecular weight is 225 g/mol. The number of hydrogen-bond donors (Lipinski definition) is 1. The lowest BCUT2D eigenvalue weighted by atomic mass is 10.0. The fourth-order valence-corrected chi connectivity index (χ4v) is 1.09.